The Balaban J connectivity index is 0. The minimum atomic E-state index is -0.550. The number of benzene rings is 4. The fraction of sp³-hybridized carbons (Fsp3) is 0.245. The molecule has 19 heteroatoms. The molecule has 68 heavy (non-hydrogen) atoms. The molecule has 4 aromatic carbocycles. The molecule has 361 valence electrons. The molecule has 3 atom stereocenters. The zero-order valence-corrected chi connectivity index (χ0v) is 46.4. The second-order valence-corrected chi connectivity index (χ2v) is 24.2. The number of alkyl halides is 3. The van der Waals surface area contributed by atoms with E-state index in [1.165, 1.54) is 0 Å². The van der Waals surface area contributed by atoms with E-state index in [1.807, 2.05) is 121 Å². The molecule has 2 aromatic heterocycles. The monoisotopic (exact) mass is 1340 g/mol. The van der Waals surface area contributed by atoms with Crippen LogP contribution in [0.15, 0.2) is 175 Å². The zero-order valence-electron chi connectivity index (χ0n) is 37.1. The normalized spacial score (nSPS) is 10.7. The summed E-state index contributed by atoms with van der Waals surface area (Å²) in [6.07, 6.45) is 2.90. The summed E-state index contributed by atoms with van der Waals surface area (Å²) >= 11 is 6.95. The predicted octanol–water partition coefficient (Wildman–Crippen LogP) is 11.2. The molecule has 2 amide bonds. The van der Waals surface area contributed by atoms with Crippen LogP contribution in [0.5, 0.6) is 0 Å². The first-order chi connectivity index (χ1) is 31.5. The molecule has 0 aliphatic carbocycles. The standard InChI is InChI=1S/C21H19N3O2.C16H16N4O2.C8H12N2.C2H6O.CHI3.CH4.H3N.Y/c25-20(18-10-4-6-12-22-18)14-17(16-8-2-1-3-9-16)15-24-21(26)19-11-5-7-13-23-19;17-20-18-11-15(14-9-5-2-6-10-14)19-16(21)22-12-13-7-3-1-4-8-13;9-6-8(10)7-4-2-1-3-5-7;1-2-3;2-1(3)4;;;/h1-13,17H,14-15H2,(H,24,26);1-10,15H,11-12H2,(H,19,21);1-5,8H,6,9-10H2;3H,2H2,1H3;1H;1H4;1H3;. The number of carbonyl (C=O) groups is 3. The summed E-state index contributed by atoms with van der Waals surface area (Å²) in [5, 5.41) is 16.7. The van der Waals surface area contributed by atoms with E-state index in [0.717, 1.165) is 22.2 Å². The summed E-state index contributed by atoms with van der Waals surface area (Å²) < 4.78 is 5.92. The van der Waals surface area contributed by atoms with Crippen molar-refractivity contribution in [3.63, 3.8) is 0 Å². The van der Waals surface area contributed by atoms with Gasteiger partial charge in [-0.25, -0.2) is 4.79 Å². The van der Waals surface area contributed by atoms with Crippen LogP contribution < -0.4 is 28.3 Å². The van der Waals surface area contributed by atoms with Crippen molar-refractivity contribution in [1.29, 1.82) is 0 Å². The number of aliphatic hydroxyl groups excluding tert-OH is 1. The number of pyridine rings is 2. The Morgan fingerprint density at radius 1 is 0.750 bits per heavy atom. The number of nitrogens with two attached hydrogens (primary N) is 2. The molecular weight excluding hydrogens is 1280 g/mol. The number of aromatic nitrogens is 2. The Morgan fingerprint density at radius 2 is 1.19 bits per heavy atom. The van der Waals surface area contributed by atoms with Crippen LogP contribution in [0.4, 0.5) is 4.79 Å². The van der Waals surface area contributed by atoms with Crippen LogP contribution in [-0.2, 0) is 44.1 Å². The van der Waals surface area contributed by atoms with Crippen molar-refractivity contribution in [2.24, 2.45) is 16.6 Å². The van der Waals surface area contributed by atoms with Gasteiger partial charge in [-0.05, 0) is 59.0 Å². The van der Waals surface area contributed by atoms with Gasteiger partial charge in [0.1, 0.15) is 17.9 Å². The van der Waals surface area contributed by atoms with Crippen molar-refractivity contribution < 1.29 is 56.9 Å². The molecule has 0 spiro atoms. The summed E-state index contributed by atoms with van der Waals surface area (Å²) in [4.78, 5) is 47.6. The molecule has 2 heterocycles. The van der Waals surface area contributed by atoms with Crippen molar-refractivity contribution in [1.82, 2.24) is 26.8 Å². The molecule has 10 N–H and O–H groups in total. The Bertz CT molecular complexity index is 2230. The number of nitrogens with zero attached hydrogens (tertiary/aromatic N) is 5. The zero-order chi connectivity index (χ0) is 47.5. The molecule has 0 aliphatic rings. The van der Waals surface area contributed by atoms with Crippen LogP contribution in [0.25, 0.3) is 10.4 Å². The van der Waals surface area contributed by atoms with Crippen LogP contribution in [0, 0.1) is 0 Å². The van der Waals surface area contributed by atoms with E-state index in [9.17, 15) is 14.4 Å². The van der Waals surface area contributed by atoms with E-state index in [4.69, 9.17) is 26.8 Å². The first-order valence-electron chi connectivity index (χ1n) is 20.3. The molecule has 0 aliphatic heterocycles. The smallest absolute Gasteiger partial charge is 0.407 e. The molecule has 0 bridgehead atoms. The number of Topliss-reactive ketones (excluding diaryl/α,β-unsaturated/α-hetero) is 1. The summed E-state index contributed by atoms with van der Waals surface area (Å²) in [7, 11) is 0. The van der Waals surface area contributed by atoms with Crippen LogP contribution >= 0.6 is 67.8 Å². The number of carbonyl (C=O) groups excluding carboxylic acids is 3. The third-order valence-electron chi connectivity index (χ3n) is 8.58. The number of aliphatic hydroxyl groups is 1. The van der Waals surface area contributed by atoms with Crippen molar-refractivity contribution in [2.45, 2.75) is 45.3 Å². The number of ketones is 1. The maximum atomic E-state index is 12.6. The Morgan fingerprint density at radius 3 is 1.65 bits per heavy atom. The topological polar surface area (TPSA) is 266 Å². The third kappa shape index (κ3) is 29.8. The number of amides is 2. The van der Waals surface area contributed by atoms with Gasteiger partial charge in [-0.2, -0.15) is 0 Å². The van der Waals surface area contributed by atoms with Gasteiger partial charge in [0, 0.05) is 88.1 Å². The van der Waals surface area contributed by atoms with Gasteiger partial charge < -0.3 is 38.1 Å². The first-order valence-corrected chi connectivity index (χ1v) is 24.0. The van der Waals surface area contributed by atoms with Gasteiger partial charge in [0.05, 0.1) is 12.6 Å². The maximum absolute atomic E-state index is 12.6. The minimum Gasteiger partial charge on any atom is -0.445 e. The van der Waals surface area contributed by atoms with E-state index in [1.54, 1.807) is 55.7 Å². The molecule has 3 unspecified atom stereocenters. The second-order valence-electron chi connectivity index (χ2n) is 13.3. The number of hydrogen-bond acceptors (Lipinski definition) is 11. The van der Waals surface area contributed by atoms with E-state index < -0.39 is 12.1 Å². The maximum Gasteiger partial charge on any atom is 0.407 e. The minimum absolute atomic E-state index is 0. The fourth-order valence-corrected chi connectivity index (χ4v) is 5.47. The fourth-order valence-electron chi connectivity index (χ4n) is 5.47. The SMILES string of the molecule is C.CCO.IC(I)I.N.NCC(N)c1ccccc1.O=C(CC(CNC(=O)c1ccccn1)c1ccccc1)c1ccccn1.[N-]=[N+]=NCC(NC(=O)OCc1ccccc1)c1ccccc1.[Y]. The Hall–Kier alpha value is -3.97. The van der Waals surface area contributed by atoms with Crippen molar-refractivity contribution >= 4 is 85.6 Å². The van der Waals surface area contributed by atoms with Crippen LogP contribution in [0.1, 0.15) is 82.0 Å². The summed E-state index contributed by atoms with van der Waals surface area (Å²) in [6, 6.07) is 48.3. The molecule has 0 saturated heterocycles. The van der Waals surface area contributed by atoms with Gasteiger partial charge in [-0.3, -0.25) is 19.6 Å². The molecule has 0 fully saturated rings. The van der Waals surface area contributed by atoms with E-state index in [0.29, 0.717) is 24.5 Å². The number of rotatable bonds is 15. The van der Waals surface area contributed by atoms with Crippen molar-refractivity contribution in [3.8, 4) is 0 Å². The molecule has 6 rings (SSSR count). The molecule has 0 saturated carbocycles. The number of hydrogen-bond donors (Lipinski definition) is 6. The largest absolute Gasteiger partial charge is 0.445 e. The summed E-state index contributed by atoms with van der Waals surface area (Å²) in [6.45, 7) is 3.10. The quantitative estimate of drug-likeness (QED) is 0.0141. The van der Waals surface area contributed by atoms with E-state index in [-0.39, 0.29) is 96.1 Å². The molecule has 15 nitrogen and oxygen atoms in total. The van der Waals surface area contributed by atoms with E-state index >= 15 is 0 Å². The number of halogens is 3. The molecule has 1 radical (unpaired) electrons. The molecular formula is C49H61I3N10O5Y. The second kappa shape index (κ2) is 42.0. The van der Waals surface area contributed by atoms with E-state index in [2.05, 4.69) is 98.4 Å². The average molecular weight is 1340 g/mol. The number of nitrogens with one attached hydrogen (secondary N) is 2. The average Bonchev–Trinajstić information content (AvgIpc) is 3.35. The Kier molecular flexibility index (Phi) is 40.8. The Labute approximate surface area is 466 Å². The molecule has 6 aromatic rings. The number of azide groups is 1. The number of alkyl carbamates (subject to hydrolysis) is 1. The van der Waals surface area contributed by atoms with Crippen LogP contribution in [0.3, 0.4) is 0 Å². The van der Waals surface area contributed by atoms with Gasteiger partial charge in [0.2, 0.25) is 0 Å². The summed E-state index contributed by atoms with van der Waals surface area (Å²) in [5.41, 5.74) is 24.2. The van der Waals surface area contributed by atoms with Gasteiger partial charge in [0.15, 0.2) is 5.78 Å². The van der Waals surface area contributed by atoms with Crippen LogP contribution in [0.2, 0.25) is 0 Å². The summed E-state index contributed by atoms with van der Waals surface area (Å²) in [5.74, 6) is -0.443. The third-order valence-corrected chi connectivity index (χ3v) is 8.58. The van der Waals surface area contributed by atoms with Crippen molar-refractivity contribution in [2.75, 3.05) is 26.2 Å². The first kappa shape index (κ1) is 66.1. The van der Waals surface area contributed by atoms with Gasteiger partial charge in [-0.15, -0.1) is 0 Å². The van der Waals surface area contributed by atoms with Gasteiger partial charge in [0.25, 0.3) is 5.91 Å². The van der Waals surface area contributed by atoms with Crippen LogP contribution in [-0.4, -0.2) is 59.0 Å². The predicted molar refractivity (Wildman–Crippen MR) is 295 cm³/mol. The number of ether oxygens (including phenoxy) is 1. The van der Waals surface area contributed by atoms with Gasteiger partial charge >= 0.3 is 6.09 Å². The van der Waals surface area contributed by atoms with Gasteiger partial charge in [-0.1, -0.05) is 214 Å². The van der Waals surface area contributed by atoms with Crippen molar-refractivity contribution in [3.05, 3.63) is 214 Å².